The lowest BCUT2D eigenvalue weighted by atomic mass is 9.71. The van der Waals surface area contributed by atoms with Crippen LogP contribution >= 0.6 is 0 Å². The van der Waals surface area contributed by atoms with Gasteiger partial charge in [-0.05, 0) is 35.4 Å². The largest absolute Gasteiger partial charge is 0.507 e. The third kappa shape index (κ3) is 3.82. The highest BCUT2D eigenvalue weighted by molar-refractivity contribution is 5.81. The van der Waals surface area contributed by atoms with Crippen LogP contribution in [0.1, 0.15) is 38.2 Å². The highest BCUT2D eigenvalue weighted by Crippen LogP contribution is 2.57. The molecule has 31 heavy (non-hydrogen) atoms. The van der Waals surface area contributed by atoms with Gasteiger partial charge in [-0.3, -0.25) is 4.79 Å². The molecule has 0 radical (unpaired) electrons. The Morgan fingerprint density at radius 1 is 0.677 bits per heavy atom. The molecule has 0 unspecified atom stereocenters. The quantitative estimate of drug-likeness (QED) is 0.339. The molecule has 12 heteroatoms. The summed E-state index contributed by atoms with van der Waals surface area (Å²) in [6.07, 6.45) is -12.4. The first kappa shape index (κ1) is 24.4. The molecule has 2 aromatic carbocycles. The number of aldehydes is 1. The number of hydrogen-bond acceptors (Lipinski definition) is 6. The Hall–Kier alpha value is -2.83. The van der Waals surface area contributed by atoms with E-state index < -0.39 is 82.5 Å². The molecule has 0 aromatic heterocycles. The lowest BCUT2D eigenvalue weighted by Gasteiger charge is -2.39. The van der Waals surface area contributed by atoms with Gasteiger partial charge in [0, 0.05) is 16.7 Å². The number of carbonyl (C=O) groups is 1. The van der Waals surface area contributed by atoms with Gasteiger partial charge in [0.25, 0.3) is 0 Å². The molecule has 0 amide bonds. The van der Waals surface area contributed by atoms with Crippen LogP contribution in [-0.4, -0.2) is 44.2 Å². The second-order valence-corrected chi connectivity index (χ2v) is 6.55. The molecular formula is C19H16F6O6. The van der Waals surface area contributed by atoms with E-state index in [9.17, 15) is 56.7 Å². The number of phenols is 2. The molecule has 170 valence electrons. The third-order valence-electron chi connectivity index (χ3n) is 4.84. The first-order valence-electron chi connectivity index (χ1n) is 8.42. The molecule has 0 aliphatic rings. The Morgan fingerprint density at radius 2 is 1.03 bits per heavy atom. The molecule has 0 saturated heterocycles. The van der Waals surface area contributed by atoms with Gasteiger partial charge >= 0.3 is 12.4 Å². The van der Waals surface area contributed by atoms with E-state index in [1.807, 2.05) is 0 Å². The molecule has 0 fully saturated rings. The Balaban J connectivity index is 3.14. The summed E-state index contributed by atoms with van der Waals surface area (Å²) in [5.74, 6) is -1.88. The minimum Gasteiger partial charge on any atom is -0.507 e. The predicted molar refractivity (Wildman–Crippen MR) is 92.3 cm³/mol. The topological polar surface area (TPSA) is 118 Å². The maximum Gasteiger partial charge on any atom is 0.411 e. The van der Waals surface area contributed by atoms with Crippen LogP contribution in [0.4, 0.5) is 26.3 Å². The standard InChI is InChI=1S/C19H16F6O6/c20-18(21,22)17(19(23,24)25,13-1-9(5-26)15(30)10(2-13)6-27)14-3-11(7-28)16(31)12(4-14)8-29/h1-5,27-31H,6-8H2. The van der Waals surface area contributed by atoms with Crippen LogP contribution in [0.3, 0.4) is 0 Å². The van der Waals surface area contributed by atoms with E-state index in [0.29, 0.717) is 0 Å². The smallest absolute Gasteiger partial charge is 0.411 e. The average molecular weight is 454 g/mol. The average Bonchev–Trinajstić information content (AvgIpc) is 2.67. The molecule has 0 saturated carbocycles. The number of alkyl halides is 6. The van der Waals surface area contributed by atoms with E-state index in [1.54, 1.807) is 0 Å². The Morgan fingerprint density at radius 3 is 1.35 bits per heavy atom. The van der Waals surface area contributed by atoms with Crippen LogP contribution in [0.25, 0.3) is 0 Å². The van der Waals surface area contributed by atoms with Crippen molar-refractivity contribution in [1.82, 2.24) is 0 Å². The third-order valence-corrected chi connectivity index (χ3v) is 4.84. The van der Waals surface area contributed by atoms with Crippen molar-refractivity contribution in [3.05, 3.63) is 57.6 Å². The molecule has 0 aliphatic heterocycles. The highest BCUT2D eigenvalue weighted by Gasteiger charge is 2.72. The summed E-state index contributed by atoms with van der Waals surface area (Å²) in [5.41, 5.74) is -11.0. The molecule has 0 atom stereocenters. The normalized spacial score (nSPS) is 12.8. The SMILES string of the molecule is O=Cc1cc(C(c2cc(CO)c(O)c(CO)c2)(C(F)(F)F)C(F)(F)F)cc(CO)c1O. The molecule has 0 spiro atoms. The van der Waals surface area contributed by atoms with E-state index in [4.69, 9.17) is 0 Å². The van der Waals surface area contributed by atoms with Crippen LogP contribution in [0.15, 0.2) is 24.3 Å². The van der Waals surface area contributed by atoms with Gasteiger partial charge in [-0.15, -0.1) is 0 Å². The van der Waals surface area contributed by atoms with Crippen molar-refractivity contribution < 1.29 is 56.7 Å². The lowest BCUT2D eigenvalue weighted by Crippen LogP contribution is -2.55. The number of hydrogen-bond donors (Lipinski definition) is 5. The van der Waals surface area contributed by atoms with Crippen molar-refractivity contribution in [2.75, 3.05) is 0 Å². The molecule has 0 bridgehead atoms. The van der Waals surface area contributed by atoms with E-state index in [0.717, 1.165) is 0 Å². The minimum atomic E-state index is -6.09. The van der Waals surface area contributed by atoms with Gasteiger partial charge in [0.15, 0.2) is 6.29 Å². The van der Waals surface area contributed by atoms with Gasteiger partial charge in [-0.1, -0.05) is 0 Å². The van der Waals surface area contributed by atoms with E-state index >= 15 is 0 Å². The fourth-order valence-electron chi connectivity index (χ4n) is 3.35. The zero-order valence-corrected chi connectivity index (χ0v) is 15.4. The van der Waals surface area contributed by atoms with E-state index in [2.05, 4.69) is 0 Å². The first-order chi connectivity index (χ1) is 14.3. The van der Waals surface area contributed by atoms with Crippen molar-refractivity contribution in [3.63, 3.8) is 0 Å². The Kier molecular flexibility index (Phi) is 6.59. The molecule has 2 aromatic rings. The summed E-state index contributed by atoms with van der Waals surface area (Å²) in [5, 5.41) is 47.5. The predicted octanol–water partition coefficient (Wildman–Crippen LogP) is 2.80. The van der Waals surface area contributed by atoms with Crippen LogP contribution in [0.2, 0.25) is 0 Å². The van der Waals surface area contributed by atoms with Gasteiger partial charge in [-0.25, -0.2) is 0 Å². The van der Waals surface area contributed by atoms with E-state index in [-0.39, 0.29) is 30.6 Å². The zero-order chi connectivity index (χ0) is 23.8. The van der Waals surface area contributed by atoms with Gasteiger partial charge < -0.3 is 25.5 Å². The Bertz CT molecular complexity index is 944. The van der Waals surface area contributed by atoms with E-state index in [1.165, 1.54) is 0 Å². The molecule has 6 nitrogen and oxygen atoms in total. The number of aliphatic hydroxyl groups is 3. The molecule has 0 aliphatic carbocycles. The zero-order valence-electron chi connectivity index (χ0n) is 15.4. The second kappa shape index (κ2) is 8.36. The molecular weight excluding hydrogens is 438 g/mol. The number of rotatable bonds is 6. The van der Waals surface area contributed by atoms with Crippen LogP contribution in [0.5, 0.6) is 11.5 Å². The van der Waals surface area contributed by atoms with Gasteiger partial charge in [0.2, 0.25) is 5.41 Å². The number of carbonyl (C=O) groups excluding carboxylic acids is 1. The number of benzene rings is 2. The summed E-state index contributed by atoms with van der Waals surface area (Å²) in [4.78, 5) is 11.2. The fraction of sp³-hybridized carbons (Fsp3) is 0.316. The maximum atomic E-state index is 14.3. The number of aliphatic hydroxyl groups excluding tert-OH is 3. The molecule has 0 heterocycles. The molecule has 2 rings (SSSR count). The Labute approximate surface area is 170 Å². The van der Waals surface area contributed by atoms with Crippen molar-refractivity contribution in [3.8, 4) is 11.5 Å². The summed E-state index contributed by atoms with van der Waals surface area (Å²) >= 11 is 0. The minimum absolute atomic E-state index is 0.176. The van der Waals surface area contributed by atoms with Crippen molar-refractivity contribution in [2.45, 2.75) is 37.6 Å². The van der Waals surface area contributed by atoms with Crippen LogP contribution in [-0.2, 0) is 25.2 Å². The summed E-state index contributed by atoms with van der Waals surface area (Å²) in [6, 6.07) is 1.00. The van der Waals surface area contributed by atoms with Crippen molar-refractivity contribution in [2.24, 2.45) is 0 Å². The number of halogens is 6. The highest BCUT2D eigenvalue weighted by atomic mass is 19.4. The summed E-state index contributed by atoms with van der Waals surface area (Å²) < 4.78 is 85.6. The van der Waals surface area contributed by atoms with Crippen molar-refractivity contribution >= 4 is 6.29 Å². The molecule has 5 N–H and O–H groups in total. The monoisotopic (exact) mass is 454 g/mol. The van der Waals surface area contributed by atoms with Gasteiger partial charge in [0.05, 0.1) is 25.4 Å². The van der Waals surface area contributed by atoms with Crippen molar-refractivity contribution in [1.29, 1.82) is 0 Å². The summed E-state index contributed by atoms with van der Waals surface area (Å²) in [6.45, 7) is -3.46. The lowest BCUT2D eigenvalue weighted by molar-refractivity contribution is -0.288. The number of aromatic hydroxyl groups is 2. The van der Waals surface area contributed by atoms with Gasteiger partial charge in [0.1, 0.15) is 11.5 Å². The van der Waals surface area contributed by atoms with Gasteiger partial charge in [-0.2, -0.15) is 26.3 Å². The second-order valence-electron chi connectivity index (χ2n) is 6.55. The van der Waals surface area contributed by atoms with Crippen LogP contribution < -0.4 is 0 Å². The first-order valence-corrected chi connectivity index (χ1v) is 8.42. The summed E-state index contributed by atoms with van der Waals surface area (Å²) in [7, 11) is 0. The maximum absolute atomic E-state index is 14.3. The fourth-order valence-corrected chi connectivity index (χ4v) is 3.35. The van der Waals surface area contributed by atoms with Crippen LogP contribution in [0, 0.1) is 0 Å².